The molecule has 1 atom stereocenters. The smallest absolute Gasteiger partial charge is 0.335 e. The first kappa shape index (κ1) is 14.5. The summed E-state index contributed by atoms with van der Waals surface area (Å²) >= 11 is 0. The van der Waals surface area contributed by atoms with E-state index in [0.29, 0.717) is 17.9 Å². The minimum atomic E-state index is -3.15. The zero-order valence-electron chi connectivity index (χ0n) is 11.0. The summed E-state index contributed by atoms with van der Waals surface area (Å²) in [5.41, 5.74) is 0.829. The zero-order chi connectivity index (χ0) is 14.8. The molecule has 1 aromatic heterocycles. The Bertz CT molecular complexity index is 652. The molecule has 0 amide bonds. The van der Waals surface area contributed by atoms with Gasteiger partial charge in [-0.2, -0.15) is 0 Å². The molecule has 0 saturated carbocycles. The Morgan fingerprint density at radius 2 is 2.25 bits per heavy atom. The van der Waals surface area contributed by atoms with E-state index in [4.69, 9.17) is 5.11 Å². The number of nitrogens with zero attached hydrogens (tertiary/aromatic N) is 1. The molecule has 20 heavy (non-hydrogen) atoms. The number of aromatic carboxylic acids is 1. The third-order valence-electron chi connectivity index (χ3n) is 2.89. The number of hydrogen-bond donors (Lipinski definition) is 2. The second-order valence-corrected chi connectivity index (χ2v) is 6.63. The van der Waals surface area contributed by atoms with Crippen LogP contribution in [0.25, 0.3) is 0 Å². The number of aryl methyl sites for hydroxylation is 1. The maximum absolute atomic E-state index is 11.3. The highest BCUT2D eigenvalue weighted by atomic mass is 32.2. The van der Waals surface area contributed by atoms with Gasteiger partial charge in [0, 0.05) is 11.1 Å². The highest BCUT2D eigenvalue weighted by Crippen LogP contribution is 2.17. The van der Waals surface area contributed by atoms with Gasteiger partial charge in [-0.05, 0) is 24.6 Å². The lowest BCUT2D eigenvalue weighted by atomic mass is 10.1. The van der Waals surface area contributed by atoms with Crippen LogP contribution in [0, 0.1) is 0 Å². The van der Waals surface area contributed by atoms with E-state index in [2.05, 4.69) is 10.3 Å². The van der Waals surface area contributed by atoms with Crippen molar-refractivity contribution < 1.29 is 18.3 Å². The molecular formula is C13H16N2O4S. The number of carboxylic acids is 1. The van der Waals surface area contributed by atoms with Crippen LogP contribution >= 0.6 is 0 Å². The summed E-state index contributed by atoms with van der Waals surface area (Å²) < 4.78 is 22.7. The lowest BCUT2D eigenvalue weighted by Gasteiger charge is -2.12. The molecule has 1 unspecified atom stereocenters. The third kappa shape index (κ3) is 3.57. The summed E-state index contributed by atoms with van der Waals surface area (Å²) in [4.78, 5) is 15.4. The molecule has 108 valence electrons. The monoisotopic (exact) mass is 296 g/mol. The Hall–Kier alpha value is -1.89. The van der Waals surface area contributed by atoms with Crippen molar-refractivity contribution in [1.29, 1.82) is 0 Å². The minimum absolute atomic E-state index is 0.0326. The highest BCUT2D eigenvalue weighted by Gasteiger charge is 2.22. The second kappa shape index (κ2) is 5.62. The highest BCUT2D eigenvalue weighted by molar-refractivity contribution is 7.94. The van der Waals surface area contributed by atoms with Crippen molar-refractivity contribution >= 4 is 21.6 Å². The second-order valence-electron chi connectivity index (χ2n) is 4.70. The molecule has 1 aliphatic rings. The van der Waals surface area contributed by atoms with Crippen molar-refractivity contribution in [3.05, 3.63) is 34.9 Å². The van der Waals surface area contributed by atoms with Gasteiger partial charge >= 0.3 is 5.97 Å². The standard InChI is InChI=1S/C13H16N2O4S/c1-2-3-10-6-9(13(16)17)7-12(14-10)15-11-4-5-20(18,19)8-11/h4-7,11H,2-3,8H2,1H3,(H,14,15)(H,16,17). The number of rotatable bonds is 5. The number of pyridine rings is 1. The molecule has 0 aromatic carbocycles. The fraction of sp³-hybridized carbons (Fsp3) is 0.385. The molecule has 7 heteroatoms. The van der Waals surface area contributed by atoms with Gasteiger partial charge in [0.25, 0.3) is 0 Å². The third-order valence-corrected chi connectivity index (χ3v) is 4.29. The van der Waals surface area contributed by atoms with E-state index in [1.807, 2.05) is 6.92 Å². The molecule has 1 aliphatic heterocycles. The molecule has 0 radical (unpaired) electrons. The lowest BCUT2D eigenvalue weighted by molar-refractivity contribution is 0.0696. The van der Waals surface area contributed by atoms with E-state index in [9.17, 15) is 13.2 Å². The number of nitrogens with one attached hydrogen (secondary N) is 1. The van der Waals surface area contributed by atoms with Crippen LogP contribution in [0.3, 0.4) is 0 Å². The average Bonchev–Trinajstić information content (AvgIpc) is 2.68. The maximum Gasteiger partial charge on any atom is 0.335 e. The normalized spacial score (nSPS) is 19.9. The first-order valence-corrected chi connectivity index (χ1v) is 8.03. The Morgan fingerprint density at radius 1 is 1.50 bits per heavy atom. The number of hydrogen-bond acceptors (Lipinski definition) is 5. The van der Waals surface area contributed by atoms with Gasteiger partial charge in [0.05, 0.1) is 17.4 Å². The van der Waals surface area contributed by atoms with E-state index < -0.39 is 15.8 Å². The molecule has 6 nitrogen and oxygen atoms in total. The number of carbonyl (C=O) groups is 1. The first-order valence-electron chi connectivity index (χ1n) is 6.31. The van der Waals surface area contributed by atoms with Crippen LogP contribution < -0.4 is 5.32 Å². The van der Waals surface area contributed by atoms with Gasteiger partial charge in [-0.3, -0.25) is 0 Å². The summed E-state index contributed by atoms with van der Waals surface area (Å²) in [6, 6.07) is 2.59. The van der Waals surface area contributed by atoms with Crippen LogP contribution in [-0.2, 0) is 16.3 Å². The van der Waals surface area contributed by atoms with E-state index in [0.717, 1.165) is 6.42 Å². The van der Waals surface area contributed by atoms with Crippen molar-refractivity contribution in [3.8, 4) is 0 Å². The average molecular weight is 296 g/mol. The molecule has 0 fully saturated rings. The number of sulfone groups is 1. The molecule has 0 bridgehead atoms. The number of anilines is 1. The van der Waals surface area contributed by atoms with Crippen LogP contribution in [0.2, 0.25) is 0 Å². The van der Waals surface area contributed by atoms with Gasteiger partial charge in [0.1, 0.15) is 5.82 Å². The zero-order valence-corrected chi connectivity index (χ0v) is 11.9. The molecule has 0 saturated heterocycles. The molecule has 2 N–H and O–H groups in total. The van der Waals surface area contributed by atoms with E-state index >= 15 is 0 Å². The van der Waals surface area contributed by atoms with Crippen molar-refractivity contribution in [2.45, 2.75) is 25.8 Å². The molecule has 2 heterocycles. The lowest BCUT2D eigenvalue weighted by Crippen LogP contribution is -2.22. The van der Waals surface area contributed by atoms with Crippen molar-refractivity contribution in [3.63, 3.8) is 0 Å². The summed E-state index contributed by atoms with van der Waals surface area (Å²) in [5.74, 6) is -0.669. The van der Waals surface area contributed by atoms with Gasteiger partial charge in [0.2, 0.25) is 0 Å². The van der Waals surface area contributed by atoms with E-state index in [1.165, 1.54) is 17.5 Å². The molecular weight excluding hydrogens is 280 g/mol. The van der Waals surface area contributed by atoms with Crippen LogP contribution in [-0.4, -0.2) is 36.3 Å². The number of aromatic nitrogens is 1. The van der Waals surface area contributed by atoms with Crippen LogP contribution in [0.15, 0.2) is 23.6 Å². The number of carboxylic acid groups (broad SMARTS) is 1. The van der Waals surface area contributed by atoms with Crippen molar-refractivity contribution in [1.82, 2.24) is 4.98 Å². The van der Waals surface area contributed by atoms with Gasteiger partial charge in [-0.15, -0.1) is 0 Å². The fourth-order valence-electron chi connectivity index (χ4n) is 2.03. The van der Waals surface area contributed by atoms with Gasteiger partial charge < -0.3 is 10.4 Å². The summed E-state index contributed by atoms with van der Waals surface area (Å²) in [7, 11) is -3.15. The van der Waals surface area contributed by atoms with Crippen molar-refractivity contribution in [2.24, 2.45) is 0 Å². The Labute approximate surface area is 117 Å². The SMILES string of the molecule is CCCc1cc(C(=O)O)cc(NC2C=CS(=O)(=O)C2)n1. The fourth-order valence-corrected chi connectivity index (χ4v) is 3.26. The molecule has 0 aliphatic carbocycles. The van der Waals surface area contributed by atoms with E-state index in [1.54, 1.807) is 6.08 Å². The topological polar surface area (TPSA) is 96.4 Å². The van der Waals surface area contributed by atoms with Gasteiger partial charge in [0.15, 0.2) is 9.84 Å². The van der Waals surface area contributed by atoms with Crippen LogP contribution in [0.4, 0.5) is 5.82 Å². The minimum Gasteiger partial charge on any atom is -0.478 e. The van der Waals surface area contributed by atoms with Crippen LogP contribution in [0.1, 0.15) is 29.4 Å². The predicted octanol–water partition coefficient (Wildman–Crippen LogP) is 1.45. The molecule has 2 rings (SSSR count). The maximum atomic E-state index is 11.3. The molecule has 0 spiro atoms. The molecule has 1 aromatic rings. The predicted molar refractivity (Wildman–Crippen MR) is 75.5 cm³/mol. The van der Waals surface area contributed by atoms with E-state index in [-0.39, 0.29) is 17.4 Å². The summed E-state index contributed by atoms with van der Waals surface area (Å²) in [6.45, 7) is 1.98. The Balaban J connectivity index is 2.23. The summed E-state index contributed by atoms with van der Waals surface area (Å²) in [6.07, 6.45) is 3.08. The van der Waals surface area contributed by atoms with Gasteiger partial charge in [-0.25, -0.2) is 18.2 Å². The quantitative estimate of drug-likeness (QED) is 0.853. The van der Waals surface area contributed by atoms with Gasteiger partial charge in [-0.1, -0.05) is 13.3 Å². The van der Waals surface area contributed by atoms with Crippen LogP contribution in [0.5, 0.6) is 0 Å². The van der Waals surface area contributed by atoms with Crippen molar-refractivity contribution in [2.75, 3.05) is 11.1 Å². The Morgan fingerprint density at radius 3 is 2.80 bits per heavy atom. The Kier molecular flexibility index (Phi) is 4.08. The summed E-state index contributed by atoms with van der Waals surface area (Å²) in [5, 5.41) is 13.2. The first-order chi connectivity index (χ1) is 9.39. The largest absolute Gasteiger partial charge is 0.478 e.